The smallest absolute Gasteiger partial charge is 0.290 e. The van der Waals surface area contributed by atoms with Gasteiger partial charge in [-0.25, -0.2) is 0 Å². The summed E-state index contributed by atoms with van der Waals surface area (Å²) in [6.07, 6.45) is 1.74. The summed E-state index contributed by atoms with van der Waals surface area (Å²) in [5.41, 5.74) is 0.941. The molecule has 1 aliphatic rings. The number of ketones is 1. The highest BCUT2D eigenvalue weighted by atomic mass is 35.5. The molecule has 0 aliphatic carbocycles. The van der Waals surface area contributed by atoms with Gasteiger partial charge < -0.3 is 10.0 Å². The maximum atomic E-state index is 12.2. The summed E-state index contributed by atoms with van der Waals surface area (Å²) in [6, 6.07) is 6.46. The number of Topliss-reactive ketones (excluding diaryl/α,β-unsaturated/α-hetero) is 1. The highest BCUT2D eigenvalue weighted by Crippen LogP contribution is 2.38. The van der Waals surface area contributed by atoms with Crippen LogP contribution in [0, 0.1) is 0 Å². The Morgan fingerprint density at radius 2 is 1.95 bits per heavy atom. The number of hydrogen-bond donors (Lipinski definition) is 1. The summed E-state index contributed by atoms with van der Waals surface area (Å²) in [5.74, 6) is -1.20. The second-order valence-corrected chi connectivity index (χ2v) is 5.56. The predicted molar refractivity (Wildman–Crippen MR) is 81.1 cm³/mol. The summed E-state index contributed by atoms with van der Waals surface area (Å²) >= 11 is 5.89. The van der Waals surface area contributed by atoms with Gasteiger partial charge in [-0.3, -0.25) is 9.59 Å². The minimum atomic E-state index is -0.529. The highest BCUT2D eigenvalue weighted by Gasteiger charge is 2.41. The Balaban J connectivity index is 2.46. The summed E-state index contributed by atoms with van der Waals surface area (Å²) in [6.45, 7) is 3.89. The van der Waals surface area contributed by atoms with Crippen molar-refractivity contribution in [2.75, 3.05) is 6.54 Å². The Morgan fingerprint density at radius 1 is 1.33 bits per heavy atom. The first kappa shape index (κ1) is 15.6. The van der Waals surface area contributed by atoms with Crippen LogP contribution >= 0.6 is 11.6 Å². The predicted octanol–water partition coefficient (Wildman–Crippen LogP) is 3.42. The molecule has 0 spiro atoms. The lowest BCUT2D eigenvalue weighted by atomic mass is 9.97. The Labute approximate surface area is 129 Å². The van der Waals surface area contributed by atoms with Crippen molar-refractivity contribution in [3.8, 4) is 0 Å². The number of aliphatic hydroxyl groups excluding tert-OH is 1. The number of hydrogen-bond acceptors (Lipinski definition) is 3. The third-order valence-electron chi connectivity index (χ3n) is 3.62. The summed E-state index contributed by atoms with van der Waals surface area (Å²) in [7, 11) is 0. The highest BCUT2D eigenvalue weighted by molar-refractivity contribution is 6.30. The zero-order chi connectivity index (χ0) is 15.6. The Morgan fingerprint density at radius 3 is 2.48 bits per heavy atom. The van der Waals surface area contributed by atoms with E-state index in [2.05, 4.69) is 0 Å². The van der Waals surface area contributed by atoms with E-state index < -0.39 is 17.7 Å². The molecule has 1 aromatic carbocycles. The quantitative estimate of drug-likeness (QED) is 0.906. The van der Waals surface area contributed by atoms with Gasteiger partial charge in [-0.1, -0.05) is 37.1 Å². The fourth-order valence-corrected chi connectivity index (χ4v) is 2.69. The van der Waals surface area contributed by atoms with Gasteiger partial charge in [0.15, 0.2) is 11.5 Å². The molecule has 1 N–H and O–H groups in total. The van der Waals surface area contributed by atoms with Crippen LogP contribution in [0.4, 0.5) is 0 Å². The normalized spacial score (nSPS) is 18.5. The maximum Gasteiger partial charge on any atom is 0.290 e. The third-order valence-corrected chi connectivity index (χ3v) is 3.87. The van der Waals surface area contributed by atoms with Gasteiger partial charge in [0.1, 0.15) is 0 Å². The average molecular weight is 308 g/mol. The fourth-order valence-electron chi connectivity index (χ4n) is 2.56. The van der Waals surface area contributed by atoms with E-state index in [0.717, 1.165) is 18.4 Å². The largest absolute Gasteiger partial charge is 0.503 e. The molecular formula is C16H18ClNO3. The topological polar surface area (TPSA) is 57.6 Å². The molecule has 0 aromatic heterocycles. The molecule has 0 radical (unpaired) electrons. The molecule has 0 fully saturated rings. The number of aliphatic hydroxyl groups is 1. The Hall–Kier alpha value is -1.81. The minimum absolute atomic E-state index is 0.165. The second kappa shape index (κ2) is 6.31. The van der Waals surface area contributed by atoms with E-state index in [1.807, 2.05) is 6.92 Å². The Bertz CT molecular complexity index is 592. The molecule has 0 saturated carbocycles. The molecule has 1 aliphatic heterocycles. The van der Waals surface area contributed by atoms with E-state index in [-0.39, 0.29) is 11.4 Å². The van der Waals surface area contributed by atoms with Gasteiger partial charge in [-0.15, -0.1) is 0 Å². The van der Waals surface area contributed by atoms with Crippen molar-refractivity contribution in [1.29, 1.82) is 0 Å². The molecule has 5 heteroatoms. The summed E-state index contributed by atoms with van der Waals surface area (Å²) in [4.78, 5) is 25.6. The van der Waals surface area contributed by atoms with Crippen LogP contribution in [0.1, 0.15) is 38.3 Å². The number of halogens is 1. The van der Waals surface area contributed by atoms with Crippen molar-refractivity contribution < 1.29 is 14.7 Å². The van der Waals surface area contributed by atoms with E-state index in [0.29, 0.717) is 11.6 Å². The fraction of sp³-hybridized carbons (Fsp3) is 0.375. The number of carbonyl (C=O) groups excluding carboxylic acids is 2. The van der Waals surface area contributed by atoms with Crippen molar-refractivity contribution in [3.63, 3.8) is 0 Å². The maximum absolute atomic E-state index is 12.2. The first-order valence-corrected chi connectivity index (χ1v) is 7.35. The van der Waals surface area contributed by atoms with Crippen molar-refractivity contribution >= 4 is 23.3 Å². The number of rotatable bonds is 5. The van der Waals surface area contributed by atoms with Crippen LogP contribution in [0.3, 0.4) is 0 Å². The second-order valence-electron chi connectivity index (χ2n) is 5.12. The summed E-state index contributed by atoms with van der Waals surface area (Å²) < 4.78 is 0. The van der Waals surface area contributed by atoms with Crippen molar-refractivity contribution in [2.24, 2.45) is 0 Å². The lowest BCUT2D eigenvalue weighted by Gasteiger charge is -2.26. The molecule has 1 heterocycles. The molecule has 1 aromatic rings. The standard InChI is InChI=1S/C16H18ClNO3/c1-3-4-9-18-14(11-5-7-12(17)8-6-11)13(10(2)19)15(20)16(18)21/h5-8,14,20H,3-4,9H2,1-2H3/t14-/m1/s1. The van der Waals surface area contributed by atoms with Crippen LogP contribution in [0.5, 0.6) is 0 Å². The van der Waals surface area contributed by atoms with Crippen LogP contribution in [-0.2, 0) is 9.59 Å². The number of amides is 1. The van der Waals surface area contributed by atoms with Gasteiger partial charge in [-0.2, -0.15) is 0 Å². The van der Waals surface area contributed by atoms with E-state index in [9.17, 15) is 14.7 Å². The number of unbranched alkanes of at least 4 members (excludes halogenated alkanes) is 1. The van der Waals surface area contributed by atoms with Crippen LogP contribution in [0.15, 0.2) is 35.6 Å². The van der Waals surface area contributed by atoms with Crippen molar-refractivity contribution in [2.45, 2.75) is 32.7 Å². The molecule has 0 saturated heterocycles. The van der Waals surface area contributed by atoms with Crippen LogP contribution in [0.25, 0.3) is 0 Å². The first-order chi connectivity index (χ1) is 9.97. The molecule has 0 bridgehead atoms. The van der Waals surface area contributed by atoms with Crippen LogP contribution in [-0.4, -0.2) is 28.2 Å². The number of nitrogens with zero attached hydrogens (tertiary/aromatic N) is 1. The Kier molecular flexibility index (Phi) is 4.68. The van der Waals surface area contributed by atoms with Crippen LogP contribution in [0.2, 0.25) is 5.02 Å². The van der Waals surface area contributed by atoms with Crippen LogP contribution < -0.4 is 0 Å². The molecule has 21 heavy (non-hydrogen) atoms. The van der Waals surface area contributed by atoms with E-state index in [4.69, 9.17) is 11.6 Å². The molecular weight excluding hydrogens is 290 g/mol. The monoisotopic (exact) mass is 307 g/mol. The van der Waals surface area contributed by atoms with Crippen molar-refractivity contribution in [3.05, 3.63) is 46.2 Å². The number of benzene rings is 1. The molecule has 1 atom stereocenters. The molecule has 1 amide bonds. The third kappa shape index (κ3) is 2.95. The van der Waals surface area contributed by atoms with Gasteiger partial charge in [0.2, 0.25) is 0 Å². The SMILES string of the molecule is CCCCN1C(=O)C(O)=C(C(C)=O)[C@H]1c1ccc(Cl)cc1. The zero-order valence-electron chi connectivity index (χ0n) is 12.1. The first-order valence-electron chi connectivity index (χ1n) is 6.97. The van der Waals surface area contributed by atoms with Gasteiger partial charge in [0.05, 0.1) is 11.6 Å². The van der Waals surface area contributed by atoms with Gasteiger partial charge in [0.25, 0.3) is 5.91 Å². The minimum Gasteiger partial charge on any atom is -0.503 e. The molecule has 112 valence electrons. The van der Waals surface area contributed by atoms with Gasteiger partial charge in [0, 0.05) is 11.6 Å². The molecule has 0 unspecified atom stereocenters. The van der Waals surface area contributed by atoms with E-state index in [1.54, 1.807) is 29.2 Å². The van der Waals surface area contributed by atoms with E-state index in [1.165, 1.54) is 6.92 Å². The van der Waals surface area contributed by atoms with E-state index >= 15 is 0 Å². The number of carbonyl (C=O) groups is 2. The van der Waals surface area contributed by atoms with Gasteiger partial charge >= 0.3 is 0 Å². The molecule has 4 nitrogen and oxygen atoms in total. The average Bonchev–Trinajstić information content (AvgIpc) is 2.70. The molecule has 2 rings (SSSR count). The van der Waals surface area contributed by atoms with Gasteiger partial charge in [-0.05, 0) is 31.0 Å². The lowest BCUT2D eigenvalue weighted by molar-refractivity contribution is -0.129. The zero-order valence-corrected chi connectivity index (χ0v) is 12.9. The summed E-state index contributed by atoms with van der Waals surface area (Å²) in [5, 5.41) is 10.6. The lowest BCUT2D eigenvalue weighted by Crippen LogP contribution is -2.31. The van der Waals surface area contributed by atoms with Crippen molar-refractivity contribution in [1.82, 2.24) is 4.90 Å².